The molecule has 1 saturated heterocycles. The minimum absolute atomic E-state index is 0.385. The number of hydrogen-bond acceptors (Lipinski definition) is 4. The highest BCUT2D eigenvalue weighted by atomic mass is 32.2. The highest BCUT2D eigenvalue weighted by Gasteiger charge is 2.19. The predicted octanol–water partition coefficient (Wildman–Crippen LogP) is 3.19. The van der Waals surface area contributed by atoms with Gasteiger partial charge in [-0.1, -0.05) is 12.1 Å². The monoisotopic (exact) mass is 313 g/mol. The van der Waals surface area contributed by atoms with Gasteiger partial charge in [-0.25, -0.2) is 4.39 Å². The fraction of sp³-hybridized carbons (Fsp3) is 0.625. The van der Waals surface area contributed by atoms with Crippen molar-refractivity contribution < 1.29 is 13.9 Å². The zero-order chi connectivity index (χ0) is 15.1. The Balaban J connectivity index is 1.88. The number of methoxy groups -OCH3 is 1. The number of thioether (sulfide) groups is 1. The van der Waals surface area contributed by atoms with Crippen LogP contribution in [0.4, 0.5) is 4.39 Å². The Hall–Kier alpha value is -0.620. The lowest BCUT2D eigenvalue weighted by Gasteiger charge is -2.22. The van der Waals surface area contributed by atoms with Crippen LogP contribution >= 0.6 is 11.8 Å². The fourth-order valence-electron chi connectivity index (χ4n) is 2.52. The van der Waals surface area contributed by atoms with E-state index in [2.05, 4.69) is 12.1 Å². The number of nitrogens with two attached hydrogens (primary N) is 1. The van der Waals surface area contributed by atoms with E-state index < -0.39 is 12.7 Å². The van der Waals surface area contributed by atoms with Crippen LogP contribution in [0.5, 0.6) is 0 Å². The van der Waals surface area contributed by atoms with E-state index in [0.29, 0.717) is 0 Å². The van der Waals surface area contributed by atoms with E-state index in [9.17, 15) is 4.39 Å². The molecule has 0 spiro atoms. The first-order valence-electron chi connectivity index (χ1n) is 7.39. The topological polar surface area (TPSA) is 44.5 Å². The summed E-state index contributed by atoms with van der Waals surface area (Å²) in [5.74, 6) is 1.87. The van der Waals surface area contributed by atoms with Gasteiger partial charge < -0.3 is 15.2 Å². The van der Waals surface area contributed by atoms with Gasteiger partial charge in [0.2, 0.25) is 0 Å². The summed E-state index contributed by atoms with van der Waals surface area (Å²) < 4.78 is 23.4. The lowest BCUT2D eigenvalue weighted by Crippen LogP contribution is -2.31. The summed E-state index contributed by atoms with van der Waals surface area (Å²) in [6, 6.07) is 7.48. The van der Waals surface area contributed by atoms with Crippen molar-refractivity contribution in [3.05, 3.63) is 29.8 Å². The molecule has 1 fully saturated rings. The number of benzene rings is 1. The first-order chi connectivity index (χ1) is 10.2. The predicted molar refractivity (Wildman–Crippen MR) is 84.4 cm³/mol. The van der Waals surface area contributed by atoms with Gasteiger partial charge in [0.15, 0.2) is 0 Å². The minimum Gasteiger partial charge on any atom is -0.381 e. The molecule has 0 saturated carbocycles. The van der Waals surface area contributed by atoms with Crippen molar-refractivity contribution in [1.29, 1.82) is 0 Å². The Morgan fingerprint density at radius 1 is 1.33 bits per heavy atom. The molecule has 0 aliphatic carbocycles. The second-order valence-corrected chi connectivity index (χ2v) is 6.50. The normalized spacial score (nSPS) is 19.4. The van der Waals surface area contributed by atoms with Crippen molar-refractivity contribution in [2.24, 2.45) is 11.7 Å². The van der Waals surface area contributed by atoms with Gasteiger partial charge >= 0.3 is 0 Å². The number of ether oxygens (including phenoxy) is 2. The van der Waals surface area contributed by atoms with Gasteiger partial charge in [-0.2, -0.15) is 0 Å². The zero-order valence-electron chi connectivity index (χ0n) is 12.5. The third kappa shape index (κ3) is 4.95. The van der Waals surface area contributed by atoms with Crippen LogP contribution < -0.4 is 5.73 Å². The average molecular weight is 313 g/mol. The van der Waals surface area contributed by atoms with Crippen LogP contribution in [0, 0.1) is 5.92 Å². The third-order valence-corrected chi connectivity index (χ3v) is 5.10. The molecule has 2 N–H and O–H groups in total. The quantitative estimate of drug-likeness (QED) is 0.785. The van der Waals surface area contributed by atoms with E-state index >= 15 is 0 Å². The molecular formula is C16H24FNO2S. The van der Waals surface area contributed by atoms with E-state index in [1.807, 2.05) is 23.9 Å². The molecule has 1 aromatic carbocycles. The van der Waals surface area contributed by atoms with E-state index in [1.54, 1.807) is 7.11 Å². The maximum Gasteiger partial charge on any atom is 0.107 e. The van der Waals surface area contributed by atoms with Gasteiger partial charge in [0.25, 0.3) is 0 Å². The second-order valence-electron chi connectivity index (χ2n) is 5.41. The Labute approximate surface area is 130 Å². The van der Waals surface area contributed by atoms with Gasteiger partial charge in [0.1, 0.15) is 6.67 Å². The Morgan fingerprint density at radius 2 is 2.00 bits per heavy atom. The molecule has 5 heteroatoms. The molecule has 21 heavy (non-hydrogen) atoms. The first kappa shape index (κ1) is 16.7. The zero-order valence-corrected chi connectivity index (χ0v) is 13.3. The Bertz CT molecular complexity index is 409. The minimum atomic E-state index is -0.615. The van der Waals surface area contributed by atoms with E-state index in [4.69, 9.17) is 15.2 Å². The SMILES string of the molecule is COC(c1ccc(SCC2CCOCC2)cc1)C(N)CF. The van der Waals surface area contributed by atoms with Crippen LogP contribution in [-0.4, -0.2) is 38.8 Å². The van der Waals surface area contributed by atoms with Gasteiger partial charge in [-0.3, -0.25) is 0 Å². The van der Waals surface area contributed by atoms with Crippen molar-refractivity contribution in [1.82, 2.24) is 0 Å². The van der Waals surface area contributed by atoms with Crippen molar-refractivity contribution in [2.75, 3.05) is 32.8 Å². The molecule has 2 rings (SSSR count). The Kier molecular flexibility index (Phi) is 6.96. The average Bonchev–Trinajstić information content (AvgIpc) is 2.55. The summed E-state index contributed by atoms with van der Waals surface area (Å²) in [6.45, 7) is 1.19. The summed E-state index contributed by atoms with van der Waals surface area (Å²) in [4.78, 5) is 1.23. The number of rotatable bonds is 7. The maximum absolute atomic E-state index is 12.7. The molecule has 0 bridgehead atoms. The molecule has 1 aliphatic rings. The van der Waals surface area contributed by atoms with Crippen LogP contribution in [0.1, 0.15) is 24.5 Å². The largest absolute Gasteiger partial charge is 0.381 e. The van der Waals surface area contributed by atoms with Crippen LogP contribution in [0.2, 0.25) is 0 Å². The van der Waals surface area contributed by atoms with Gasteiger partial charge in [-0.15, -0.1) is 11.8 Å². The molecule has 0 aromatic heterocycles. The van der Waals surface area contributed by atoms with Crippen molar-refractivity contribution >= 4 is 11.8 Å². The highest BCUT2D eigenvalue weighted by molar-refractivity contribution is 7.99. The van der Waals surface area contributed by atoms with Crippen LogP contribution in [0.25, 0.3) is 0 Å². The van der Waals surface area contributed by atoms with Gasteiger partial charge in [0, 0.05) is 31.0 Å². The van der Waals surface area contributed by atoms with E-state index in [-0.39, 0.29) is 6.10 Å². The molecule has 3 nitrogen and oxygen atoms in total. The van der Waals surface area contributed by atoms with Crippen molar-refractivity contribution in [3.8, 4) is 0 Å². The molecule has 1 aromatic rings. The van der Waals surface area contributed by atoms with E-state index in [1.165, 1.54) is 4.90 Å². The van der Waals surface area contributed by atoms with Crippen molar-refractivity contribution in [2.45, 2.75) is 29.9 Å². The Morgan fingerprint density at radius 3 is 2.57 bits per heavy atom. The van der Waals surface area contributed by atoms with Crippen molar-refractivity contribution in [3.63, 3.8) is 0 Å². The first-order valence-corrected chi connectivity index (χ1v) is 8.38. The van der Waals surface area contributed by atoms with Crippen LogP contribution in [0.3, 0.4) is 0 Å². The molecule has 2 unspecified atom stereocenters. The lowest BCUT2D eigenvalue weighted by atomic mass is 10.0. The standard InChI is InChI=1S/C16H24FNO2S/c1-19-16(15(18)10-17)13-2-4-14(5-3-13)21-11-12-6-8-20-9-7-12/h2-5,12,15-16H,6-11,18H2,1H3. The maximum atomic E-state index is 12.7. The summed E-state index contributed by atoms with van der Waals surface area (Å²) in [5.41, 5.74) is 6.67. The second kappa shape index (κ2) is 8.73. The molecule has 1 aliphatic heterocycles. The number of halogens is 1. The lowest BCUT2D eigenvalue weighted by molar-refractivity contribution is 0.0720. The summed E-state index contributed by atoms with van der Waals surface area (Å²) in [7, 11) is 1.56. The molecule has 1 heterocycles. The third-order valence-electron chi connectivity index (χ3n) is 3.86. The number of hydrogen-bond donors (Lipinski definition) is 1. The van der Waals surface area contributed by atoms with Gasteiger partial charge in [0.05, 0.1) is 12.1 Å². The van der Waals surface area contributed by atoms with E-state index in [0.717, 1.165) is 43.3 Å². The van der Waals surface area contributed by atoms with Gasteiger partial charge in [-0.05, 0) is 36.5 Å². The smallest absolute Gasteiger partial charge is 0.107 e. The fourth-order valence-corrected chi connectivity index (χ4v) is 3.61. The molecule has 2 atom stereocenters. The summed E-state index contributed by atoms with van der Waals surface area (Å²) in [6.07, 6.45) is 1.93. The van der Waals surface area contributed by atoms with Crippen LogP contribution in [-0.2, 0) is 9.47 Å². The molecule has 118 valence electrons. The highest BCUT2D eigenvalue weighted by Crippen LogP contribution is 2.28. The molecule has 0 amide bonds. The summed E-state index contributed by atoms with van der Waals surface area (Å²) in [5, 5.41) is 0. The molecular weight excluding hydrogens is 289 g/mol. The van der Waals surface area contributed by atoms with Crippen LogP contribution in [0.15, 0.2) is 29.2 Å². The summed E-state index contributed by atoms with van der Waals surface area (Å²) >= 11 is 1.87. The molecule has 0 radical (unpaired) electrons. The number of alkyl halides is 1.